The molecule has 1 aliphatic carbocycles. The zero-order valence-electron chi connectivity index (χ0n) is 22.8. The van der Waals surface area contributed by atoms with E-state index in [1.54, 1.807) is 4.90 Å². The van der Waals surface area contributed by atoms with Crippen LogP contribution in [0, 0.1) is 25.7 Å². The number of aliphatic imine (C=N–C) groups is 1. The predicted molar refractivity (Wildman–Crippen MR) is 145 cm³/mol. The van der Waals surface area contributed by atoms with E-state index in [-0.39, 0.29) is 23.7 Å². The monoisotopic (exact) mass is 518 g/mol. The molecule has 5 rings (SSSR count). The lowest BCUT2D eigenvalue weighted by molar-refractivity contribution is -0.153. The summed E-state index contributed by atoms with van der Waals surface area (Å²) in [5, 5.41) is 11.9. The van der Waals surface area contributed by atoms with E-state index in [1.807, 2.05) is 56.9 Å². The molecule has 1 N–H and O–H groups in total. The van der Waals surface area contributed by atoms with Crippen LogP contribution in [-0.2, 0) is 27.2 Å². The predicted octanol–water partition coefficient (Wildman–Crippen LogP) is 3.03. The summed E-state index contributed by atoms with van der Waals surface area (Å²) in [6.45, 7) is 9.90. The molecule has 0 radical (unpaired) electrons. The number of aliphatic hydroxyl groups excluding tert-OH is 1. The molecular weight excluding hydrogens is 480 g/mol. The maximum atomic E-state index is 14.5. The third-order valence-electron chi connectivity index (χ3n) is 8.44. The van der Waals surface area contributed by atoms with E-state index in [0.29, 0.717) is 51.3 Å². The standard InChI is InChI=1S/C30H38N4O4/c1-5-18(2)26-28(35)32-25(23-16-21-8-6-7-9-22(21)17-23)29(36)34(26)27(24-11-10-19(3)31-20(24)4)30(37)33-12-14-38-15-13-33/h6-11,18,23,26-27,30,37H,5,12-17H2,1-4H3/t18-,26+,27+,30?/m0/s1. The van der Waals surface area contributed by atoms with Gasteiger partial charge in [0.05, 0.1) is 19.3 Å². The van der Waals surface area contributed by atoms with E-state index in [2.05, 4.69) is 22.1 Å². The lowest BCUT2D eigenvalue weighted by Gasteiger charge is -2.46. The second-order valence-corrected chi connectivity index (χ2v) is 10.9. The number of hydrogen-bond acceptors (Lipinski definition) is 6. The van der Waals surface area contributed by atoms with Crippen molar-refractivity contribution in [3.8, 4) is 0 Å². The number of carbonyl (C=O) groups is 2. The molecule has 3 heterocycles. The number of morpholine rings is 1. The highest BCUT2D eigenvalue weighted by Crippen LogP contribution is 2.38. The van der Waals surface area contributed by atoms with Crippen LogP contribution < -0.4 is 0 Å². The second-order valence-electron chi connectivity index (χ2n) is 10.9. The van der Waals surface area contributed by atoms with Gasteiger partial charge in [0.1, 0.15) is 18.0 Å². The van der Waals surface area contributed by atoms with Gasteiger partial charge in [0.25, 0.3) is 11.8 Å². The zero-order valence-corrected chi connectivity index (χ0v) is 22.8. The number of carbonyl (C=O) groups excluding carboxylic acids is 2. The first kappa shape index (κ1) is 26.7. The van der Waals surface area contributed by atoms with Gasteiger partial charge in [-0.3, -0.25) is 19.5 Å². The Morgan fingerprint density at radius 1 is 1.05 bits per heavy atom. The first-order valence-electron chi connectivity index (χ1n) is 13.8. The van der Waals surface area contributed by atoms with Crippen LogP contribution in [0.1, 0.15) is 54.4 Å². The number of ether oxygens (including phenoxy) is 1. The van der Waals surface area contributed by atoms with Crippen molar-refractivity contribution in [2.45, 2.75) is 65.3 Å². The van der Waals surface area contributed by atoms with Crippen LogP contribution in [-0.4, -0.2) is 76.0 Å². The van der Waals surface area contributed by atoms with Crippen LogP contribution in [0.25, 0.3) is 0 Å². The van der Waals surface area contributed by atoms with Gasteiger partial charge in [-0.2, -0.15) is 0 Å². The molecule has 1 saturated heterocycles. The van der Waals surface area contributed by atoms with Gasteiger partial charge in [0, 0.05) is 30.4 Å². The third kappa shape index (κ3) is 4.93. The number of aromatic nitrogens is 1. The summed E-state index contributed by atoms with van der Waals surface area (Å²) >= 11 is 0. The minimum absolute atomic E-state index is 0.129. The molecule has 2 aliphatic heterocycles. The van der Waals surface area contributed by atoms with E-state index < -0.39 is 18.3 Å². The number of aliphatic hydroxyl groups is 1. The molecule has 1 unspecified atom stereocenters. The minimum Gasteiger partial charge on any atom is -0.379 e. The highest BCUT2D eigenvalue weighted by molar-refractivity contribution is 6.43. The van der Waals surface area contributed by atoms with Crippen molar-refractivity contribution < 1.29 is 19.4 Å². The summed E-state index contributed by atoms with van der Waals surface area (Å²) in [5.74, 6) is -0.856. The van der Waals surface area contributed by atoms with Gasteiger partial charge in [0.2, 0.25) is 0 Å². The van der Waals surface area contributed by atoms with Crippen molar-refractivity contribution in [2.75, 3.05) is 26.3 Å². The Morgan fingerprint density at radius 3 is 2.32 bits per heavy atom. The Hall–Kier alpha value is -2.94. The van der Waals surface area contributed by atoms with Crippen molar-refractivity contribution >= 4 is 17.5 Å². The highest BCUT2D eigenvalue weighted by Gasteiger charge is 2.49. The summed E-state index contributed by atoms with van der Waals surface area (Å²) in [6, 6.07) is 10.5. The molecule has 202 valence electrons. The maximum absolute atomic E-state index is 14.5. The topological polar surface area (TPSA) is 95.3 Å². The van der Waals surface area contributed by atoms with Gasteiger partial charge >= 0.3 is 0 Å². The Morgan fingerprint density at radius 2 is 1.71 bits per heavy atom. The van der Waals surface area contributed by atoms with E-state index in [4.69, 9.17) is 4.74 Å². The van der Waals surface area contributed by atoms with E-state index in [0.717, 1.165) is 17.0 Å². The molecule has 4 atom stereocenters. The van der Waals surface area contributed by atoms with E-state index in [9.17, 15) is 14.7 Å². The first-order valence-corrected chi connectivity index (χ1v) is 13.8. The lowest BCUT2D eigenvalue weighted by atomic mass is 9.87. The molecule has 1 aromatic heterocycles. The number of rotatable bonds is 7. The Labute approximate surface area is 224 Å². The number of fused-ring (bicyclic) bond motifs is 1. The molecular formula is C30H38N4O4. The SMILES string of the molecule is CC[C@H](C)[C@@H]1C(=O)N=C(C2Cc3ccccc3C2)C(=O)N1[C@H](c1ccc(C)nc1C)C(O)N1CCOCC1. The number of benzene rings is 1. The normalized spacial score (nSPS) is 23.2. The number of hydrogen-bond donors (Lipinski definition) is 1. The number of aryl methyl sites for hydroxylation is 2. The first-order chi connectivity index (χ1) is 18.3. The van der Waals surface area contributed by atoms with Crippen LogP contribution in [0.5, 0.6) is 0 Å². The van der Waals surface area contributed by atoms with Crippen molar-refractivity contribution in [3.63, 3.8) is 0 Å². The fourth-order valence-electron chi connectivity index (χ4n) is 6.17. The summed E-state index contributed by atoms with van der Waals surface area (Å²) in [5.41, 5.74) is 5.04. The Bertz CT molecular complexity index is 1210. The Kier molecular flexibility index (Phi) is 7.75. The molecule has 2 aromatic rings. The van der Waals surface area contributed by atoms with Crippen molar-refractivity contribution in [1.29, 1.82) is 0 Å². The number of nitrogens with zero attached hydrogens (tertiary/aromatic N) is 4. The molecule has 8 heteroatoms. The van der Waals surface area contributed by atoms with Crippen LogP contribution in [0.4, 0.5) is 0 Å². The molecule has 38 heavy (non-hydrogen) atoms. The molecule has 1 aromatic carbocycles. The van der Waals surface area contributed by atoms with E-state index >= 15 is 0 Å². The van der Waals surface area contributed by atoms with Crippen molar-refractivity contribution in [1.82, 2.24) is 14.8 Å². The molecule has 1 fully saturated rings. The van der Waals surface area contributed by atoms with E-state index in [1.165, 1.54) is 11.1 Å². The molecule has 0 bridgehead atoms. The summed E-state index contributed by atoms with van der Waals surface area (Å²) in [4.78, 5) is 41.0. The van der Waals surface area contributed by atoms with Gasteiger partial charge in [0.15, 0.2) is 0 Å². The second kappa shape index (κ2) is 11.0. The Balaban J connectivity index is 1.60. The fraction of sp³-hybridized carbons (Fsp3) is 0.533. The van der Waals surface area contributed by atoms with Gasteiger partial charge in [-0.25, -0.2) is 4.99 Å². The van der Waals surface area contributed by atoms with Crippen LogP contribution in [0.2, 0.25) is 0 Å². The average molecular weight is 519 g/mol. The summed E-state index contributed by atoms with van der Waals surface area (Å²) < 4.78 is 5.53. The third-order valence-corrected chi connectivity index (χ3v) is 8.44. The quantitative estimate of drug-likeness (QED) is 0.606. The largest absolute Gasteiger partial charge is 0.379 e. The average Bonchev–Trinajstić information content (AvgIpc) is 3.35. The van der Waals surface area contributed by atoms with Gasteiger partial charge < -0.3 is 14.7 Å². The molecule has 0 spiro atoms. The van der Waals surface area contributed by atoms with Crippen LogP contribution in [0.3, 0.4) is 0 Å². The number of pyridine rings is 1. The van der Waals surface area contributed by atoms with Crippen molar-refractivity contribution in [3.05, 3.63) is 64.5 Å². The molecule has 8 nitrogen and oxygen atoms in total. The van der Waals surface area contributed by atoms with Crippen LogP contribution in [0.15, 0.2) is 41.4 Å². The molecule has 3 aliphatic rings. The maximum Gasteiger partial charge on any atom is 0.270 e. The summed E-state index contributed by atoms with van der Waals surface area (Å²) in [7, 11) is 0. The number of amides is 2. The lowest BCUT2D eigenvalue weighted by Crippen LogP contribution is -2.61. The smallest absolute Gasteiger partial charge is 0.270 e. The highest BCUT2D eigenvalue weighted by atomic mass is 16.5. The van der Waals surface area contributed by atoms with Gasteiger partial charge in [-0.1, -0.05) is 50.6 Å². The fourth-order valence-corrected chi connectivity index (χ4v) is 6.17. The van der Waals surface area contributed by atoms with Crippen LogP contribution >= 0.6 is 0 Å². The molecule has 0 saturated carbocycles. The molecule has 2 amide bonds. The van der Waals surface area contributed by atoms with Gasteiger partial charge in [-0.05, 0) is 55.4 Å². The minimum atomic E-state index is -1.02. The van der Waals surface area contributed by atoms with Gasteiger partial charge in [-0.15, -0.1) is 0 Å². The van der Waals surface area contributed by atoms with Crippen molar-refractivity contribution in [2.24, 2.45) is 16.8 Å². The summed E-state index contributed by atoms with van der Waals surface area (Å²) in [6.07, 6.45) is 1.03. The zero-order chi connectivity index (χ0) is 27.0.